The summed E-state index contributed by atoms with van der Waals surface area (Å²) in [7, 11) is 0. The summed E-state index contributed by atoms with van der Waals surface area (Å²) in [5, 5.41) is 5.67. The van der Waals surface area contributed by atoms with Gasteiger partial charge in [0.05, 0.1) is 5.69 Å². The lowest BCUT2D eigenvalue weighted by Crippen LogP contribution is -2.39. The number of anilines is 1. The van der Waals surface area contributed by atoms with E-state index >= 15 is 0 Å². The molecule has 0 aliphatic carbocycles. The third kappa shape index (κ3) is 6.40. The number of carbonyl (C=O) groups excluding carboxylic acids is 2. The van der Waals surface area contributed by atoms with Crippen molar-refractivity contribution in [3.05, 3.63) is 45.9 Å². The Labute approximate surface area is 162 Å². The molecule has 0 radical (unpaired) electrons. The first kappa shape index (κ1) is 20.4. The Kier molecular flexibility index (Phi) is 8.03. The van der Waals surface area contributed by atoms with E-state index in [4.69, 9.17) is 16.3 Å². The standard InChI is InChI=1S/C18H22ClN3O3S/c1-3-25-10-4-9-22(17(24)14-5-7-15(19)8-6-14)11-16(23)21-18-20-13(2)12-26-18/h5-8,12H,3-4,9-11H2,1-2H3,(H,20,21,23). The molecule has 0 aliphatic rings. The van der Waals surface area contributed by atoms with Crippen molar-refractivity contribution in [2.75, 3.05) is 31.6 Å². The van der Waals surface area contributed by atoms with E-state index in [0.29, 0.717) is 41.9 Å². The molecule has 0 atom stereocenters. The molecular weight excluding hydrogens is 374 g/mol. The second-order valence-electron chi connectivity index (χ2n) is 5.63. The highest BCUT2D eigenvalue weighted by atomic mass is 35.5. The number of nitrogens with zero attached hydrogens (tertiary/aromatic N) is 2. The van der Waals surface area contributed by atoms with Crippen LogP contribution >= 0.6 is 22.9 Å². The maximum Gasteiger partial charge on any atom is 0.254 e. The number of aromatic nitrogens is 1. The van der Waals surface area contributed by atoms with Crippen molar-refractivity contribution in [1.82, 2.24) is 9.88 Å². The molecule has 0 unspecified atom stereocenters. The van der Waals surface area contributed by atoms with Crippen molar-refractivity contribution < 1.29 is 14.3 Å². The predicted molar refractivity (Wildman–Crippen MR) is 104 cm³/mol. The molecule has 1 aromatic heterocycles. The number of thiazole rings is 1. The van der Waals surface area contributed by atoms with E-state index in [9.17, 15) is 9.59 Å². The first-order chi connectivity index (χ1) is 12.5. The summed E-state index contributed by atoms with van der Waals surface area (Å²) in [4.78, 5) is 30.8. The fraction of sp³-hybridized carbons (Fsp3) is 0.389. The number of ether oxygens (including phenoxy) is 1. The molecule has 1 N–H and O–H groups in total. The minimum atomic E-state index is -0.280. The van der Waals surface area contributed by atoms with Crippen LogP contribution in [0, 0.1) is 6.92 Å². The maximum absolute atomic E-state index is 12.8. The number of nitrogens with one attached hydrogen (secondary N) is 1. The van der Waals surface area contributed by atoms with E-state index in [1.165, 1.54) is 16.2 Å². The Morgan fingerprint density at radius 2 is 2.04 bits per heavy atom. The molecule has 2 rings (SSSR count). The first-order valence-corrected chi connectivity index (χ1v) is 9.60. The van der Waals surface area contributed by atoms with Gasteiger partial charge in [-0.2, -0.15) is 0 Å². The number of hydrogen-bond acceptors (Lipinski definition) is 5. The van der Waals surface area contributed by atoms with Crippen molar-refractivity contribution in [1.29, 1.82) is 0 Å². The van der Waals surface area contributed by atoms with Crippen molar-refractivity contribution in [2.45, 2.75) is 20.3 Å². The third-order valence-electron chi connectivity index (χ3n) is 3.50. The number of halogens is 1. The van der Waals surface area contributed by atoms with Crippen LogP contribution in [0.3, 0.4) is 0 Å². The fourth-order valence-corrected chi connectivity index (χ4v) is 3.10. The number of carbonyl (C=O) groups is 2. The quantitative estimate of drug-likeness (QED) is 0.658. The average Bonchev–Trinajstić information content (AvgIpc) is 3.02. The molecule has 8 heteroatoms. The lowest BCUT2D eigenvalue weighted by molar-refractivity contribution is -0.116. The highest BCUT2D eigenvalue weighted by molar-refractivity contribution is 7.13. The number of amides is 2. The molecule has 0 bridgehead atoms. The molecule has 0 spiro atoms. The smallest absolute Gasteiger partial charge is 0.254 e. The van der Waals surface area contributed by atoms with Crippen molar-refractivity contribution >= 4 is 39.9 Å². The molecule has 0 fully saturated rings. The first-order valence-electron chi connectivity index (χ1n) is 8.34. The molecule has 0 saturated carbocycles. The van der Waals surface area contributed by atoms with E-state index in [1.807, 2.05) is 19.2 Å². The van der Waals surface area contributed by atoms with Gasteiger partial charge in [0.15, 0.2) is 5.13 Å². The van der Waals surface area contributed by atoms with E-state index < -0.39 is 0 Å². The van der Waals surface area contributed by atoms with Gasteiger partial charge < -0.3 is 15.0 Å². The van der Waals surface area contributed by atoms with E-state index in [-0.39, 0.29) is 18.4 Å². The highest BCUT2D eigenvalue weighted by Crippen LogP contribution is 2.15. The summed E-state index contributed by atoms with van der Waals surface area (Å²) < 4.78 is 5.32. The van der Waals surface area contributed by atoms with Crippen LogP contribution in [-0.2, 0) is 9.53 Å². The van der Waals surface area contributed by atoms with Gasteiger partial charge in [-0.05, 0) is 44.5 Å². The summed E-state index contributed by atoms with van der Waals surface area (Å²) >= 11 is 7.23. The van der Waals surface area contributed by atoms with Crippen LogP contribution in [0.4, 0.5) is 5.13 Å². The third-order valence-corrected chi connectivity index (χ3v) is 4.63. The highest BCUT2D eigenvalue weighted by Gasteiger charge is 2.19. The number of benzene rings is 1. The van der Waals surface area contributed by atoms with Crippen molar-refractivity contribution in [3.8, 4) is 0 Å². The predicted octanol–water partition coefficient (Wildman–Crippen LogP) is 3.61. The Morgan fingerprint density at radius 3 is 2.65 bits per heavy atom. The zero-order valence-electron chi connectivity index (χ0n) is 14.8. The van der Waals surface area contributed by atoms with Crippen LogP contribution in [0.5, 0.6) is 0 Å². The molecule has 0 aliphatic heterocycles. The van der Waals surface area contributed by atoms with Crippen molar-refractivity contribution in [2.24, 2.45) is 0 Å². The second-order valence-corrected chi connectivity index (χ2v) is 6.92. The lowest BCUT2D eigenvalue weighted by Gasteiger charge is -2.22. The van der Waals surface area contributed by atoms with Crippen LogP contribution in [0.15, 0.2) is 29.6 Å². The van der Waals surface area contributed by atoms with Gasteiger partial charge in [0.2, 0.25) is 5.91 Å². The summed E-state index contributed by atoms with van der Waals surface area (Å²) in [5.41, 5.74) is 1.33. The fourth-order valence-electron chi connectivity index (χ4n) is 2.27. The van der Waals surface area contributed by atoms with Crippen LogP contribution in [-0.4, -0.2) is 48.0 Å². The Bertz CT molecular complexity index is 734. The molecule has 2 aromatic rings. The van der Waals surface area contributed by atoms with Gasteiger partial charge in [-0.15, -0.1) is 11.3 Å². The summed E-state index contributed by atoms with van der Waals surface area (Å²) in [6.45, 7) is 5.30. The maximum atomic E-state index is 12.8. The van der Waals surface area contributed by atoms with Gasteiger partial charge in [0.25, 0.3) is 5.91 Å². The monoisotopic (exact) mass is 395 g/mol. The molecular formula is C18H22ClN3O3S. The number of hydrogen-bond donors (Lipinski definition) is 1. The topological polar surface area (TPSA) is 71.5 Å². The molecule has 26 heavy (non-hydrogen) atoms. The molecule has 140 valence electrons. The number of aryl methyl sites for hydroxylation is 1. The van der Waals surface area contributed by atoms with Gasteiger partial charge >= 0.3 is 0 Å². The van der Waals surface area contributed by atoms with Gasteiger partial charge in [-0.25, -0.2) is 4.98 Å². The molecule has 1 aromatic carbocycles. The average molecular weight is 396 g/mol. The van der Waals surface area contributed by atoms with Gasteiger partial charge in [0, 0.05) is 35.7 Å². The van der Waals surface area contributed by atoms with Crippen molar-refractivity contribution in [3.63, 3.8) is 0 Å². The normalized spacial score (nSPS) is 10.6. The van der Waals surface area contributed by atoms with Gasteiger partial charge in [0.1, 0.15) is 6.54 Å². The zero-order valence-corrected chi connectivity index (χ0v) is 16.4. The Morgan fingerprint density at radius 1 is 1.31 bits per heavy atom. The minimum Gasteiger partial charge on any atom is -0.382 e. The Balaban J connectivity index is 2.02. The van der Waals surface area contributed by atoms with Crippen LogP contribution < -0.4 is 5.32 Å². The SMILES string of the molecule is CCOCCCN(CC(=O)Nc1nc(C)cs1)C(=O)c1ccc(Cl)cc1. The van der Waals surface area contributed by atoms with Gasteiger partial charge in [-0.1, -0.05) is 11.6 Å². The molecule has 2 amide bonds. The Hall–Kier alpha value is -1.96. The number of rotatable bonds is 9. The lowest BCUT2D eigenvalue weighted by atomic mass is 10.2. The van der Waals surface area contributed by atoms with Crippen LogP contribution in [0.2, 0.25) is 5.02 Å². The van der Waals surface area contributed by atoms with E-state index in [1.54, 1.807) is 24.3 Å². The second kappa shape index (κ2) is 10.3. The molecule has 6 nitrogen and oxygen atoms in total. The van der Waals surface area contributed by atoms with Crippen LogP contribution in [0.25, 0.3) is 0 Å². The largest absolute Gasteiger partial charge is 0.382 e. The zero-order chi connectivity index (χ0) is 18.9. The van der Waals surface area contributed by atoms with Crippen LogP contribution in [0.1, 0.15) is 29.4 Å². The molecule has 0 saturated heterocycles. The summed E-state index contributed by atoms with van der Waals surface area (Å²) in [6.07, 6.45) is 0.650. The molecule has 1 heterocycles. The van der Waals surface area contributed by atoms with E-state index in [2.05, 4.69) is 10.3 Å². The minimum absolute atomic E-state index is 0.0494. The van der Waals surface area contributed by atoms with Gasteiger partial charge in [-0.3, -0.25) is 9.59 Å². The summed E-state index contributed by atoms with van der Waals surface area (Å²) in [5.74, 6) is -0.498. The van der Waals surface area contributed by atoms with E-state index in [0.717, 1.165) is 5.69 Å². The summed E-state index contributed by atoms with van der Waals surface area (Å²) in [6, 6.07) is 6.63.